The Bertz CT molecular complexity index is 1800. The van der Waals surface area contributed by atoms with Gasteiger partial charge in [-0.25, -0.2) is 9.59 Å². The predicted octanol–water partition coefficient (Wildman–Crippen LogP) is 1.01. The molecule has 0 aromatic heterocycles. The van der Waals surface area contributed by atoms with Gasteiger partial charge in [0.25, 0.3) is 0 Å². The van der Waals surface area contributed by atoms with Gasteiger partial charge < -0.3 is 53.4 Å². The van der Waals surface area contributed by atoms with Crippen molar-refractivity contribution in [2.75, 3.05) is 20.1 Å². The number of nitrogens with zero attached hydrogens (tertiary/aromatic N) is 1. The number of carbonyl (C=O) groups excluding carboxylic acids is 7. The van der Waals surface area contributed by atoms with Crippen LogP contribution in [0.15, 0.2) is 60.7 Å². The number of hydrogen-bond donors (Lipinski definition) is 9. The first-order chi connectivity index (χ1) is 29.6. The lowest BCUT2D eigenvalue weighted by atomic mass is 9.96. The number of benzene rings is 2. The fourth-order valence-corrected chi connectivity index (χ4v) is 7.14. The SMILES string of the molecule is CCC(C)[C@@H]1NC(=O)[C@H](NC(=O)N[C@@H](CCCCN)C(=O)O)CCCCNC(=O)[C@H](Cc2ccccc2)NC(=O)[C@H](CC(N)=O)N(C)C(=O)[C@H](CCCc2ccccc2)NC1=O. The summed E-state index contributed by atoms with van der Waals surface area (Å²) in [5.41, 5.74) is 12.9. The molecule has 0 aliphatic carbocycles. The van der Waals surface area contributed by atoms with Crippen molar-refractivity contribution in [2.45, 2.75) is 127 Å². The summed E-state index contributed by atoms with van der Waals surface area (Å²) < 4.78 is 0. The molecular formula is C44H65N9O9. The fraction of sp³-hybridized carbons (Fsp3) is 0.545. The second-order valence-electron chi connectivity index (χ2n) is 15.8. The van der Waals surface area contributed by atoms with E-state index in [2.05, 4.69) is 31.9 Å². The number of aliphatic carboxylic acids is 1. The average molecular weight is 864 g/mol. The Hall–Kier alpha value is -6.04. The molecule has 2 aromatic carbocycles. The lowest BCUT2D eigenvalue weighted by Crippen LogP contribution is -2.61. The number of carbonyl (C=O) groups is 8. The molecule has 340 valence electrons. The number of urea groups is 1. The molecule has 2 aromatic rings. The number of nitrogens with one attached hydrogen (secondary N) is 6. The molecule has 8 amide bonds. The first kappa shape index (κ1) is 50.3. The molecular weight excluding hydrogens is 799 g/mol. The fourth-order valence-electron chi connectivity index (χ4n) is 7.14. The van der Waals surface area contributed by atoms with Crippen LogP contribution in [0.4, 0.5) is 4.79 Å². The normalized spacial score (nSPS) is 22.0. The highest BCUT2D eigenvalue weighted by molar-refractivity contribution is 5.98. The highest BCUT2D eigenvalue weighted by Gasteiger charge is 2.37. The Labute approximate surface area is 363 Å². The standard InChI is InChI=1S/C44H65N9O9/c1-4-28(2)37-41(58)48-32(23-15-20-29-16-7-5-8-17-29)42(59)53(3)35(27-36(46)54)40(57)49-34(26-30-18-9-6-10-19-30)38(55)47-25-14-12-21-31(39(56)52-37)50-44(62)51-33(43(60)61)22-11-13-24-45/h5-10,16-19,28,31-35,37H,4,11-15,20-27,45H2,1-3H3,(H2,46,54)(H,47,55)(H,48,58)(H,49,57)(H,52,56)(H,60,61)(H2,50,51,62)/t28?,31-,32+,33+,34+,35+,37+/m1/s1. The smallest absolute Gasteiger partial charge is 0.326 e. The van der Waals surface area contributed by atoms with Crippen LogP contribution < -0.4 is 43.4 Å². The zero-order valence-corrected chi connectivity index (χ0v) is 36.0. The minimum atomic E-state index is -1.45. The van der Waals surface area contributed by atoms with E-state index < -0.39 is 96.0 Å². The van der Waals surface area contributed by atoms with E-state index in [9.17, 15) is 43.5 Å². The predicted molar refractivity (Wildman–Crippen MR) is 232 cm³/mol. The molecule has 0 saturated carbocycles. The van der Waals surface area contributed by atoms with Gasteiger partial charge in [0.05, 0.1) is 6.42 Å². The molecule has 0 bridgehead atoms. The summed E-state index contributed by atoms with van der Waals surface area (Å²) in [4.78, 5) is 109. The summed E-state index contributed by atoms with van der Waals surface area (Å²) in [6.45, 7) is 4.02. The van der Waals surface area contributed by atoms with Crippen LogP contribution in [0.5, 0.6) is 0 Å². The highest BCUT2D eigenvalue weighted by Crippen LogP contribution is 2.16. The number of likely N-dealkylation sites (N-methyl/N-ethyl adjacent to an activating group) is 1. The van der Waals surface area contributed by atoms with Crippen LogP contribution >= 0.6 is 0 Å². The number of rotatable bonds is 17. The number of primary amides is 1. The molecule has 0 spiro atoms. The second kappa shape index (κ2) is 26.3. The summed E-state index contributed by atoms with van der Waals surface area (Å²) >= 11 is 0. The van der Waals surface area contributed by atoms with Crippen LogP contribution in [-0.4, -0.2) is 114 Å². The Balaban J connectivity index is 2.03. The summed E-state index contributed by atoms with van der Waals surface area (Å²) in [5, 5.41) is 25.9. The van der Waals surface area contributed by atoms with E-state index >= 15 is 0 Å². The molecule has 0 radical (unpaired) electrons. The summed E-state index contributed by atoms with van der Waals surface area (Å²) in [5.74, 6) is -6.07. The van der Waals surface area contributed by atoms with Crippen LogP contribution in [0.2, 0.25) is 0 Å². The van der Waals surface area contributed by atoms with E-state index in [1.807, 2.05) is 37.3 Å². The average Bonchev–Trinajstić information content (AvgIpc) is 3.25. The molecule has 1 aliphatic rings. The number of carboxylic acids is 1. The van der Waals surface area contributed by atoms with Crippen LogP contribution in [0, 0.1) is 5.92 Å². The third-order valence-corrected chi connectivity index (χ3v) is 11.0. The Morgan fingerprint density at radius 3 is 2.10 bits per heavy atom. The lowest BCUT2D eigenvalue weighted by molar-refractivity contribution is -0.144. The molecule has 11 N–H and O–H groups in total. The van der Waals surface area contributed by atoms with Gasteiger partial charge in [-0.05, 0) is 81.4 Å². The number of nitrogens with two attached hydrogens (primary N) is 2. The van der Waals surface area contributed by atoms with Crippen molar-refractivity contribution in [3.63, 3.8) is 0 Å². The van der Waals surface area contributed by atoms with Gasteiger partial charge in [0.2, 0.25) is 35.4 Å². The zero-order valence-electron chi connectivity index (χ0n) is 36.0. The van der Waals surface area contributed by atoms with Crippen molar-refractivity contribution < 1.29 is 43.5 Å². The number of carboxylic acid groups (broad SMARTS) is 1. The quantitative estimate of drug-likeness (QED) is 0.102. The number of unbranched alkanes of at least 4 members (excludes halogenated alkanes) is 1. The Morgan fingerprint density at radius 2 is 1.48 bits per heavy atom. The van der Waals surface area contributed by atoms with Gasteiger partial charge in [-0.1, -0.05) is 80.9 Å². The third-order valence-electron chi connectivity index (χ3n) is 11.0. The van der Waals surface area contributed by atoms with Gasteiger partial charge in [-0.15, -0.1) is 0 Å². The summed E-state index contributed by atoms with van der Waals surface area (Å²) in [6.07, 6.45) is 2.76. The van der Waals surface area contributed by atoms with E-state index in [1.54, 1.807) is 37.3 Å². The maximum absolute atomic E-state index is 14.5. The number of aryl methyl sites for hydroxylation is 1. The van der Waals surface area contributed by atoms with E-state index in [0.29, 0.717) is 45.1 Å². The van der Waals surface area contributed by atoms with Crippen LogP contribution in [-0.2, 0) is 46.4 Å². The molecule has 1 aliphatic heterocycles. The van der Waals surface area contributed by atoms with Crippen molar-refractivity contribution in [3.05, 3.63) is 71.8 Å². The molecule has 1 unspecified atom stereocenters. The number of hydrogen-bond acceptors (Lipinski definition) is 9. The Kier molecular flexibility index (Phi) is 21.4. The molecule has 18 nitrogen and oxygen atoms in total. The molecule has 1 saturated heterocycles. The van der Waals surface area contributed by atoms with E-state index in [-0.39, 0.29) is 38.6 Å². The summed E-state index contributed by atoms with van der Waals surface area (Å²) in [6, 6.07) is 10.0. The van der Waals surface area contributed by atoms with Gasteiger partial charge in [0, 0.05) is 20.0 Å². The maximum atomic E-state index is 14.5. The largest absolute Gasteiger partial charge is 0.480 e. The zero-order chi connectivity index (χ0) is 45.6. The van der Waals surface area contributed by atoms with Crippen LogP contribution in [0.3, 0.4) is 0 Å². The van der Waals surface area contributed by atoms with Crippen molar-refractivity contribution in [3.8, 4) is 0 Å². The molecule has 62 heavy (non-hydrogen) atoms. The molecule has 1 fully saturated rings. The van der Waals surface area contributed by atoms with Gasteiger partial charge in [-0.3, -0.25) is 28.8 Å². The molecule has 18 heteroatoms. The first-order valence-electron chi connectivity index (χ1n) is 21.5. The molecule has 7 atom stereocenters. The maximum Gasteiger partial charge on any atom is 0.326 e. The minimum absolute atomic E-state index is 0.0409. The van der Waals surface area contributed by atoms with Crippen LogP contribution in [0.25, 0.3) is 0 Å². The molecule has 3 rings (SSSR count). The van der Waals surface area contributed by atoms with Crippen molar-refractivity contribution >= 4 is 47.4 Å². The van der Waals surface area contributed by atoms with Gasteiger partial charge in [0.15, 0.2) is 0 Å². The monoisotopic (exact) mass is 863 g/mol. The highest BCUT2D eigenvalue weighted by atomic mass is 16.4. The van der Waals surface area contributed by atoms with E-state index in [0.717, 1.165) is 16.0 Å². The Morgan fingerprint density at radius 1 is 0.839 bits per heavy atom. The molecule has 1 heterocycles. The second-order valence-corrected chi connectivity index (χ2v) is 15.8. The van der Waals surface area contributed by atoms with Gasteiger partial charge in [-0.2, -0.15) is 0 Å². The topological polar surface area (TPSA) is 284 Å². The van der Waals surface area contributed by atoms with Gasteiger partial charge in [0.1, 0.15) is 36.3 Å². The van der Waals surface area contributed by atoms with Gasteiger partial charge >= 0.3 is 12.0 Å². The number of amides is 8. The van der Waals surface area contributed by atoms with Crippen LogP contribution in [0.1, 0.15) is 89.2 Å². The first-order valence-corrected chi connectivity index (χ1v) is 21.5. The third kappa shape index (κ3) is 16.8. The van der Waals surface area contributed by atoms with Crippen molar-refractivity contribution in [1.82, 2.24) is 36.8 Å². The van der Waals surface area contributed by atoms with E-state index in [4.69, 9.17) is 11.5 Å². The minimum Gasteiger partial charge on any atom is -0.480 e. The summed E-state index contributed by atoms with van der Waals surface area (Å²) in [7, 11) is 1.32. The van der Waals surface area contributed by atoms with Crippen molar-refractivity contribution in [1.29, 1.82) is 0 Å². The van der Waals surface area contributed by atoms with E-state index in [1.165, 1.54) is 7.05 Å². The lowest BCUT2D eigenvalue weighted by Gasteiger charge is -2.33. The van der Waals surface area contributed by atoms with Crippen molar-refractivity contribution in [2.24, 2.45) is 17.4 Å².